The van der Waals surface area contributed by atoms with Crippen LogP contribution in [0.5, 0.6) is 0 Å². The van der Waals surface area contributed by atoms with E-state index in [4.69, 9.17) is 9.05 Å². The number of amides is 1. The Balaban J connectivity index is 4.60. The van der Waals surface area contributed by atoms with Crippen LogP contribution in [0.3, 0.4) is 0 Å². The number of aliphatic hydroxyl groups is 1. The number of nitrogens with one attached hydrogen (secondary N) is 1. The number of unbranched alkanes of at least 4 members (excludes halogenated alkanes) is 15. The summed E-state index contributed by atoms with van der Waals surface area (Å²) in [5.41, 5.74) is 0. The molecule has 0 radical (unpaired) electrons. The molecule has 0 aliphatic rings. The Bertz CT molecular complexity index is 1040. The van der Waals surface area contributed by atoms with Gasteiger partial charge in [-0.1, -0.05) is 121 Å². The second kappa shape index (κ2) is 32.8. The van der Waals surface area contributed by atoms with Gasteiger partial charge in [-0.2, -0.15) is 0 Å². The largest absolute Gasteiger partial charge is 0.756 e. The summed E-state index contributed by atoms with van der Waals surface area (Å²) < 4.78 is 23.1. The molecule has 296 valence electrons. The van der Waals surface area contributed by atoms with Crippen molar-refractivity contribution in [3.05, 3.63) is 48.6 Å². The van der Waals surface area contributed by atoms with E-state index in [0.29, 0.717) is 23.9 Å². The maximum absolute atomic E-state index is 12.8. The van der Waals surface area contributed by atoms with Crippen LogP contribution in [-0.2, 0) is 23.2 Å². The van der Waals surface area contributed by atoms with Gasteiger partial charge in [0.1, 0.15) is 13.2 Å². The first-order chi connectivity index (χ1) is 24.4. The summed E-state index contributed by atoms with van der Waals surface area (Å²) in [5.74, 6) is -0.0663. The van der Waals surface area contributed by atoms with E-state index in [0.717, 1.165) is 83.5 Å². The van der Waals surface area contributed by atoms with Crippen molar-refractivity contribution in [2.24, 2.45) is 0 Å². The lowest BCUT2D eigenvalue weighted by Gasteiger charge is -2.29. The van der Waals surface area contributed by atoms with E-state index >= 15 is 0 Å². The van der Waals surface area contributed by atoms with Gasteiger partial charge in [-0.05, 0) is 63.9 Å². The molecular weight excluding hydrogens is 663 g/mol. The van der Waals surface area contributed by atoms with Crippen LogP contribution in [-0.4, -0.2) is 74.3 Å². The molecule has 0 fully saturated rings. The second-order valence-corrected chi connectivity index (χ2v) is 16.1. The van der Waals surface area contributed by atoms with Crippen molar-refractivity contribution in [1.82, 2.24) is 5.32 Å². The lowest BCUT2D eigenvalue weighted by atomic mass is 10.1. The highest BCUT2D eigenvalue weighted by Crippen LogP contribution is 2.38. The number of carbonyl (C=O) groups excluding carboxylic acids is 2. The van der Waals surface area contributed by atoms with Gasteiger partial charge in [-0.15, -0.1) is 0 Å². The topological polar surface area (TPSA) is 125 Å². The summed E-state index contributed by atoms with van der Waals surface area (Å²) in [6.45, 7) is 4.37. The van der Waals surface area contributed by atoms with Gasteiger partial charge in [0.25, 0.3) is 7.82 Å². The third kappa shape index (κ3) is 35.0. The number of quaternary nitrogens is 1. The number of ketones is 1. The van der Waals surface area contributed by atoms with Crippen LogP contribution in [0.1, 0.15) is 149 Å². The molecular formula is C41H75N2O7P. The molecule has 0 heterocycles. The molecule has 9 nitrogen and oxygen atoms in total. The number of hydrogen-bond acceptors (Lipinski definition) is 7. The fraction of sp³-hybridized carbons (Fsp3) is 0.756. The SMILES string of the molecule is CCC/C=C\CCCCCCCC/C=C/[C@@H](O)[C@H](COP(=O)([O-])OCC[N+](C)(C)C)NC(=O)CCCCCCC/C=C\C=C\C(=O)CCCCC. The van der Waals surface area contributed by atoms with Gasteiger partial charge in [0.15, 0.2) is 5.78 Å². The Morgan fingerprint density at radius 3 is 1.92 bits per heavy atom. The van der Waals surface area contributed by atoms with Crippen molar-refractivity contribution < 1.29 is 37.7 Å². The molecule has 51 heavy (non-hydrogen) atoms. The number of phosphoric ester groups is 1. The van der Waals surface area contributed by atoms with Crippen LogP contribution in [0.15, 0.2) is 48.6 Å². The van der Waals surface area contributed by atoms with Crippen LogP contribution in [0.4, 0.5) is 0 Å². The summed E-state index contributed by atoms with van der Waals surface area (Å²) in [7, 11) is 1.19. The number of hydrogen-bond donors (Lipinski definition) is 2. The monoisotopic (exact) mass is 739 g/mol. The molecule has 0 spiro atoms. The molecule has 0 bridgehead atoms. The molecule has 0 saturated heterocycles. The molecule has 1 amide bonds. The van der Waals surface area contributed by atoms with Gasteiger partial charge in [-0.25, -0.2) is 0 Å². The predicted molar refractivity (Wildman–Crippen MR) is 210 cm³/mol. The summed E-state index contributed by atoms with van der Waals surface area (Å²) in [6, 6.07) is -0.920. The summed E-state index contributed by atoms with van der Waals surface area (Å²) in [5, 5.41) is 13.7. The molecule has 0 aromatic carbocycles. The van der Waals surface area contributed by atoms with Crippen LogP contribution < -0.4 is 10.2 Å². The predicted octanol–water partition coefficient (Wildman–Crippen LogP) is 9.07. The molecule has 3 atom stereocenters. The van der Waals surface area contributed by atoms with Gasteiger partial charge < -0.3 is 28.8 Å². The first-order valence-electron chi connectivity index (χ1n) is 20.0. The normalized spacial score (nSPS) is 15.0. The van der Waals surface area contributed by atoms with Crippen molar-refractivity contribution in [3.8, 4) is 0 Å². The van der Waals surface area contributed by atoms with Crippen LogP contribution >= 0.6 is 7.82 Å². The number of allylic oxidation sites excluding steroid dienone is 7. The molecule has 1 unspecified atom stereocenters. The highest BCUT2D eigenvalue weighted by Gasteiger charge is 2.23. The van der Waals surface area contributed by atoms with E-state index in [2.05, 4.69) is 37.4 Å². The van der Waals surface area contributed by atoms with E-state index in [-0.39, 0.29) is 24.7 Å². The standard InChI is InChI=1S/C41H75N2O7P/c1-6-8-10-11-12-13-14-15-16-19-22-25-29-33-40(45)39(37-50-51(47,48)49-36-35-43(3,4)5)42-41(46)34-30-26-23-20-17-18-21-24-28-32-38(44)31-27-9-7-2/h10-11,21,24,28-29,32-33,39-40,45H,6-9,12-20,22-23,25-27,30-31,34-37H2,1-5H3,(H-,42,46,47,48)/b11-10-,24-21-,32-28+,33-29+/t39-,40+/m0/s1. The van der Waals surface area contributed by atoms with E-state index in [1.165, 1.54) is 32.1 Å². The number of carbonyl (C=O) groups is 2. The fourth-order valence-electron chi connectivity index (χ4n) is 5.19. The number of rotatable bonds is 35. The van der Waals surface area contributed by atoms with E-state index in [1.54, 1.807) is 12.2 Å². The second-order valence-electron chi connectivity index (χ2n) is 14.7. The Labute approximate surface area is 312 Å². The maximum Gasteiger partial charge on any atom is 0.268 e. The minimum atomic E-state index is -4.61. The third-order valence-corrected chi connectivity index (χ3v) is 9.42. The number of likely N-dealkylation sites (N-methyl/N-ethyl adjacent to an activating group) is 1. The summed E-state index contributed by atoms with van der Waals surface area (Å²) in [4.78, 5) is 36.9. The van der Waals surface area contributed by atoms with Crippen molar-refractivity contribution in [2.75, 3.05) is 40.9 Å². The highest BCUT2D eigenvalue weighted by molar-refractivity contribution is 7.45. The van der Waals surface area contributed by atoms with Gasteiger partial charge in [0.05, 0.1) is 39.9 Å². The molecule has 0 aliphatic heterocycles. The molecule has 2 N–H and O–H groups in total. The summed E-state index contributed by atoms with van der Waals surface area (Å²) in [6.07, 6.45) is 35.6. The maximum atomic E-state index is 12.8. The number of nitrogens with zero attached hydrogens (tertiary/aromatic N) is 1. The minimum Gasteiger partial charge on any atom is -0.756 e. The molecule has 0 saturated carbocycles. The Morgan fingerprint density at radius 1 is 0.725 bits per heavy atom. The van der Waals surface area contributed by atoms with E-state index in [9.17, 15) is 24.2 Å². The van der Waals surface area contributed by atoms with Crippen molar-refractivity contribution in [2.45, 2.75) is 161 Å². The van der Waals surface area contributed by atoms with Gasteiger partial charge in [0.2, 0.25) is 5.91 Å². The first-order valence-corrected chi connectivity index (χ1v) is 21.4. The first kappa shape index (κ1) is 49.1. The zero-order valence-electron chi connectivity index (χ0n) is 33.0. The molecule has 0 aromatic rings. The van der Waals surface area contributed by atoms with Crippen LogP contribution in [0.2, 0.25) is 0 Å². The Morgan fingerprint density at radius 2 is 1.29 bits per heavy atom. The summed E-state index contributed by atoms with van der Waals surface area (Å²) >= 11 is 0. The van der Waals surface area contributed by atoms with Crippen molar-refractivity contribution >= 4 is 19.5 Å². The molecule has 0 aliphatic carbocycles. The zero-order valence-corrected chi connectivity index (χ0v) is 33.9. The van der Waals surface area contributed by atoms with Gasteiger partial charge in [0, 0.05) is 12.8 Å². The molecule has 0 aromatic heterocycles. The Hall–Kier alpha value is -1.87. The fourth-order valence-corrected chi connectivity index (χ4v) is 5.91. The lowest BCUT2D eigenvalue weighted by Crippen LogP contribution is -2.45. The minimum absolute atomic E-state index is 0.0205. The average Bonchev–Trinajstić information content (AvgIpc) is 3.06. The highest BCUT2D eigenvalue weighted by atomic mass is 31.2. The smallest absolute Gasteiger partial charge is 0.268 e. The van der Waals surface area contributed by atoms with Gasteiger partial charge in [-0.3, -0.25) is 14.2 Å². The third-order valence-electron chi connectivity index (χ3n) is 8.46. The lowest BCUT2D eigenvalue weighted by molar-refractivity contribution is -0.870. The Kier molecular flexibility index (Phi) is 31.6. The number of phosphoric acid groups is 1. The molecule has 10 heteroatoms. The number of aliphatic hydroxyl groups excluding tert-OH is 1. The zero-order chi connectivity index (χ0) is 38.1. The van der Waals surface area contributed by atoms with E-state index < -0.39 is 26.6 Å². The average molecular weight is 739 g/mol. The quantitative estimate of drug-likeness (QED) is 0.0166. The molecule has 0 rings (SSSR count). The van der Waals surface area contributed by atoms with Crippen LogP contribution in [0.25, 0.3) is 0 Å². The van der Waals surface area contributed by atoms with Gasteiger partial charge >= 0.3 is 0 Å². The van der Waals surface area contributed by atoms with E-state index in [1.807, 2.05) is 39.4 Å². The van der Waals surface area contributed by atoms with Crippen molar-refractivity contribution in [1.29, 1.82) is 0 Å². The van der Waals surface area contributed by atoms with Crippen molar-refractivity contribution in [3.63, 3.8) is 0 Å². The van der Waals surface area contributed by atoms with Crippen LogP contribution in [0, 0.1) is 0 Å².